The molecule has 0 bridgehead atoms. The molecular formula is C16H14N4O4S2. The summed E-state index contributed by atoms with van der Waals surface area (Å²) in [5.41, 5.74) is 1.57. The number of amides is 1. The minimum Gasteiger partial charge on any atom is -0.460 e. The zero-order chi connectivity index (χ0) is 18.3. The molecule has 0 saturated carbocycles. The third kappa shape index (κ3) is 3.14. The molecular weight excluding hydrogens is 376 g/mol. The zero-order valence-electron chi connectivity index (χ0n) is 13.3. The molecule has 1 aromatic carbocycles. The number of furan rings is 1. The lowest BCUT2D eigenvalue weighted by Crippen LogP contribution is -2.12. The molecule has 1 aliphatic rings. The van der Waals surface area contributed by atoms with Crippen LogP contribution in [-0.4, -0.2) is 30.3 Å². The van der Waals surface area contributed by atoms with Gasteiger partial charge < -0.3 is 9.73 Å². The van der Waals surface area contributed by atoms with Crippen LogP contribution < -0.4 is 10.5 Å². The lowest BCUT2D eigenvalue weighted by Gasteiger charge is -2.10. The summed E-state index contributed by atoms with van der Waals surface area (Å²) in [5, 5.41) is 14.5. The minimum atomic E-state index is -3.73. The van der Waals surface area contributed by atoms with E-state index in [2.05, 4.69) is 15.5 Å². The van der Waals surface area contributed by atoms with Gasteiger partial charge in [-0.2, -0.15) is 5.10 Å². The van der Waals surface area contributed by atoms with Crippen molar-refractivity contribution in [3.63, 3.8) is 0 Å². The molecule has 10 heteroatoms. The third-order valence-electron chi connectivity index (χ3n) is 3.95. The number of anilines is 1. The molecule has 0 aliphatic carbocycles. The highest BCUT2D eigenvalue weighted by atomic mass is 32.2. The Morgan fingerprint density at radius 3 is 2.69 bits per heavy atom. The van der Waals surface area contributed by atoms with Crippen molar-refractivity contribution in [2.75, 3.05) is 11.1 Å². The molecule has 1 aliphatic heterocycles. The average molecular weight is 390 g/mol. The number of nitrogens with two attached hydrogens (primary N) is 1. The Morgan fingerprint density at radius 2 is 1.96 bits per heavy atom. The Bertz CT molecular complexity index is 1070. The summed E-state index contributed by atoms with van der Waals surface area (Å²) in [4.78, 5) is 11.8. The van der Waals surface area contributed by atoms with Crippen LogP contribution in [0.1, 0.15) is 16.6 Å². The number of nitrogens with zero attached hydrogens (tertiary/aromatic N) is 1. The van der Waals surface area contributed by atoms with E-state index in [-0.39, 0.29) is 16.1 Å². The Kier molecular flexibility index (Phi) is 4.10. The van der Waals surface area contributed by atoms with Gasteiger partial charge in [-0.1, -0.05) is 0 Å². The Labute approximate surface area is 153 Å². The van der Waals surface area contributed by atoms with Gasteiger partial charge in [0.15, 0.2) is 0 Å². The van der Waals surface area contributed by atoms with E-state index >= 15 is 0 Å². The van der Waals surface area contributed by atoms with Gasteiger partial charge in [-0.3, -0.25) is 9.89 Å². The summed E-state index contributed by atoms with van der Waals surface area (Å²) in [5.74, 6) is 2.04. The second-order valence-corrected chi connectivity index (χ2v) is 8.37. The predicted octanol–water partition coefficient (Wildman–Crippen LogP) is 2.09. The number of aromatic amines is 1. The number of aromatic nitrogens is 2. The van der Waals surface area contributed by atoms with Crippen molar-refractivity contribution in [3.05, 3.63) is 53.9 Å². The van der Waals surface area contributed by atoms with Crippen LogP contribution in [0.15, 0.2) is 51.9 Å². The van der Waals surface area contributed by atoms with Crippen molar-refractivity contribution in [1.29, 1.82) is 0 Å². The summed E-state index contributed by atoms with van der Waals surface area (Å²) in [6, 6.07) is 9.79. The van der Waals surface area contributed by atoms with Gasteiger partial charge in [0.1, 0.15) is 17.3 Å². The number of sulfonamides is 1. The van der Waals surface area contributed by atoms with Crippen LogP contribution in [0.25, 0.3) is 11.3 Å². The van der Waals surface area contributed by atoms with E-state index < -0.39 is 10.0 Å². The van der Waals surface area contributed by atoms with Crippen LogP contribution >= 0.6 is 11.8 Å². The lowest BCUT2D eigenvalue weighted by molar-refractivity contribution is -0.113. The second-order valence-electron chi connectivity index (χ2n) is 5.71. The van der Waals surface area contributed by atoms with Gasteiger partial charge in [0.05, 0.1) is 22.1 Å². The van der Waals surface area contributed by atoms with Gasteiger partial charge in [0.25, 0.3) is 0 Å². The fourth-order valence-electron chi connectivity index (χ4n) is 2.71. The topological polar surface area (TPSA) is 131 Å². The highest BCUT2D eigenvalue weighted by Crippen LogP contribution is 2.42. The number of thioether (sulfide) groups is 1. The molecule has 3 aromatic rings. The quantitative estimate of drug-likeness (QED) is 0.627. The van der Waals surface area contributed by atoms with E-state index in [1.54, 1.807) is 18.3 Å². The van der Waals surface area contributed by atoms with Gasteiger partial charge >= 0.3 is 0 Å². The molecule has 0 fully saturated rings. The Balaban J connectivity index is 1.66. The number of H-pyrrole nitrogens is 1. The molecule has 1 atom stereocenters. The molecule has 0 radical (unpaired) electrons. The fourth-order valence-corrected chi connectivity index (χ4v) is 4.27. The first-order valence-electron chi connectivity index (χ1n) is 7.59. The Hall–Kier alpha value is -2.56. The maximum absolute atomic E-state index is 11.8. The molecule has 4 rings (SSSR count). The molecule has 3 heterocycles. The highest BCUT2D eigenvalue weighted by Gasteiger charge is 2.28. The van der Waals surface area contributed by atoms with Crippen LogP contribution in [-0.2, 0) is 14.8 Å². The van der Waals surface area contributed by atoms with Crippen molar-refractivity contribution < 1.29 is 17.6 Å². The van der Waals surface area contributed by atoms with Crippen molar-refractivity contribution in [3.8, 4) is 11.3 Å². The van der Waals surface area contributed by atoms with Gasteiger partial charge in [-0.15, -0.1) is 11.8 Å². The molecule has 8 nitrogen and oxygen atoms in total. The second kappa shape index (κ2) is 6.31. The number of nitrogens with one attached hydrogen (secondary N) is 2. The van der Waals surface area contributed by atoms with Crippen molar-refractivity contribution in [1.82, 2.24) is 10.2 Å². The third-order valence-corrected chi connectivity index (χ3v) is 6.13. The van der Waals surface area contributed by atoms with Gasteiger partial charge in [0, 0.05) is 11.1 Å². The molecule has 0 saturated heterocycles. The smallest absolute Gasteiger partial charge is 0.238 e. The van der Waals surface area contributed by atoms with E-state index in [1.807, 2.05) is 12.1 Å². The molecule has 0 spiro atoms. The maximum Gasteiger partial charge on any atom is 0.238 e. The number of primary sulfonamides is 1. The summed E-state index contributed by atoms with van der Waals surface area (Å²) < 4.78 is 28.7. The number of hydrogen-bond donors (Lipinski definition) is 3. The number of benzene rings is 1. The van der Waals surface area contributed by atoms with Crippen molar-refractivity contribution in [2.24, 2.45) is 5.14 Å². The van der Waals surface area contributed by atoms with Crippen LogP contribution in [0, 0.1) is 0 Å². The summed E-state index contributed by atoms with van der Waals surface area (Å²) in [7, 11) is -3.73. The average Bonchev–Trinajstić information content (AvgIpc) is 3.23. The van der Waals surface area contributed by atoms with Gasteiger partial charge in [-0.05, 0) is 36.4 Å². The largest absolute Gasteiger partial charge is 0.460 e. The van der Waals surface area contributed by atoms with Crippen LogP contribution in [0.4, 0.5) is 5.82 Å². The maximum atomic E-state index is 11.8. The standard InChI is InChI=1S/C16H14N4O4S2/c17-26(22,23)10-3-1-9(2-4-10)12-5-6-13(24-12)15-11-7-18-20-16(11)19-14(21)8-25-15/h1-7,15H,8H2,(H2,17,22,23)(H2,18,19,20,21). The first-order chi connectivity index (χ1) is 12.4. The number of fused-ring (bicyclic) bond motifs is 1. The zero-order valence-corrected chi connectivity index (χ0v) is 14.9. The van der Waals surface area contributed by atoms with E-state index in [9.17, 15) is 13.2 Å². The van der Waals surface area contributed by atoms with E-state index in [1.165, 1.54) is 23.9 Å². The molecule has 2 aromatic heterocycles. The van der Waals surface area contributed by atoms with Crippen LogP contribution in [0.3, 0.4) is 0 Å². The normalized spacial score (nSPS) is 17.4. The van der Waals surface area contributed by atoms with E-state index in [4.69, 9.17) is 9.56 Å². The molecule has 1 amide bonds. The van der Waals surface area contributed by atoms with E-state index in [0.29, 0.717) is 23.1 Å². The summed E-state index contributed by atoms with van der Waals surface area (Å²) >= 11 is 1.45. The van der Waals surface area contributed by atoms with Crippen molar-refractivity contribution in [2.45, 2.75) is 10.1 Å². The minimum absolute atomic E-state index is 0.0416. The summed E-state index contributed by atoms with van der Waals surface area (Å²) in [6.45, 7) is 0. The fraction of sp³-hybridized carbons (Fsp3) is 0.125. The predicted molar refractivity (Wildman–Crippen MR) is 97.0 cm³/mol. The molecule has 1 unspecified atom stereocenters. The number of carbonyl (C=O) groups excluding carboxylic acids is 1. The van der Waals surface area contributed by atoms with Gasteiger partial charge in [0.2, 0.25) is 15.9 Å². The molecule has 134 valence electrons. The molecule has 26 heavy (non-hydrogen) atoms. The monoisotopic (exact) mass is 390 g/mol. The number of hydrogen-bond acceptors (Lipinski definition) is 6. The Morgan fingerprint density at radius 1 is 1.19 bits per heavy atom. The van der Waals surface area contributed by atoms with E-state index in [0.717, 1.165) is 11.1 Å². The first-order valence-corrected chi connectivity index (χ1v) is 10.2. The first kappa shape index (κ1) is 16.9. The van der Waals surface area contributed by atoms with Crippen LogP contribution in [0.2, 0.25) is 0 Å². The van der Waals surface area contributed by atoms with Crippen LogP contribution in [0.5, 0.6) is 0 Å². The van der Waals surface area contributed by atoms with Crippen molar-refractivity contribution >= 4 is 33.5 Å². The highest BCUT2D eigenvalue weighted by molar-refractivity contribution is 8.00. The summed E-state index contributed by atoms with van der Waals surface area (Å²) in [6.07, 6.45) is 1.67. The molecule has 4 N–H and O–H groups in total. The number of rotatable bonds is 3. The SMILES string of the molecule is NS(=O)(=O)c1ccc(-c2ccc(C3SCC(=O)Nc4[nH]ncc43)o2)cc1. The van der Waals surface area contributed by atoms with Gasteiger partial charge in [-0.25, -0.2) is 13.6 Å². The lowest BCUT2D eigenvalue weighted by atomic mass is 10.1. The number of carbonyl (C=O) groups is 1.